The van der Waals surface area contributed by atoms with Crippen LogP contribution in [0.3, 0.4) is 0 Å². The van der Waals surface area contributed by atoms with Gasteiger partial charge in [0.25, 0.3) is 0 Å². The van der Waals surface area contributed by atoms with E-state index in [2.05, 4.69) is 4.98 Å². The summed E-state index contributed by atoms with van der Waals surface area (Å²) in [5, 5.41) is 1.14. The van der Waals surface area contributed by atoms with Gasteiger partial charge in [-0.3, -0.25) is 4.98 Å². The molecule has 2 rings (SSSR count). The number of rotatable bonds is 3. The summed E-state index contributed by atoms with van der Waals surface area (Å²) in [6.07, 6.45) is 0.769. The first kappa shape index (κ1) is 10.1. The number of para-hydroxylation sites is 1. The maximum atomic E-state index is 5.95. The average Bonchev–Trinajstić information content (AvgIpc) is 2.29. The van der Waals surface area contributed by atoms with Crippen molar-refractivity contribution >= 4 is 10.9 Å². The van der Waals surface area contributed by atoms with Crippen LogP contribution in [0.5, 0.6) is 0 Å². The van der Waals surface area contributed by atoms with E-state index in [1.54, 1.807) is 0 Å². The van der Waals surface area contributed by atoms with Crippen LogP contribution in [0.4, 0.5) is 0 Å². The molecule has 1 heterocycles. The zero-order valence-electron chi connectivity index (χ0n) is 8.56. The molecule has 0 aliphatic heterocycles. The van der Waals surface area contributed by atoms with Gasteiger partial charge < -0.3 is 11.5 Å². The molecule has 3 nitrogen and oxygen atoms in total. The molecule has 0 radical (unpaired) electrons. The molecule has 0 aliphatic rings. The van der Waals surface area contributed by atoms with Crippen LogP contribution in [0.1, 0.15) is 18.2 Å². The van der Waals surface area contributed by atoms with E-state index in [9.17, 15) is 0 Å². The molecule has 0 saturated carbocycles. The lowest BCUT2D eigenvalue weighted by Crippen LogP contribution is -2.16. The molecule has 78 valence electrons. The third kappa shape index (κ3) is 2.14. The standard InChI is InChI=1S/C12H15N3/c13-8-7-10(14)12-6-5-9-3-1-2-4-11(9)15-12/h1-6,10H,7-8,13-14H2/t10-/m1/s1. The maximum Gasteiger partial charge on any atom is 0.0706 e. The second-order valence-electron chi connectivity index (χ2n) is 3.61. The number of hydrogen-bond acceptors (Lipinski definition) is 3. The lowest BCUT2D eigenvalue weighted by molar-refractivity contribution is 0.645. The summed E-state index contributed by atoms with van der Waals surface area (Å²) in [6.45, 7) is 0.593. The van der Waals surface area contributed by atoms with Gasteiger partial charge in [0.05, 0.1) is 11.2 Å². The molecule has 0 unspecified atom stereocenters. The molecule has 0 aliphatic carbocycles. The van der Waals surface area contributed by atoms with Gasteiger partial charge in [-0.2, -0.15) is 0 Å². The Kier molecular flexibility index (Phi) is 2.94. The highest BCUT2D eigenvalue weighted by atomic mass is 14.8. The van der Waals surface area contributed by atoms with E-state index in [0.29, 0.717) is 6.54 Å². The van der Waals surface area contributed by atoms with Crippen molar-refractivity contribution in [3.8, 4) is 0 Å². The predicted octanol–water partition coefficient (Wildman–Crippen LogP) is 1.58. The molecule has 2 aromatic rings. The lowest BCUT2D eigenvalue weighted by Gasteiger charge is -2.10. The van der Waals surface area contributed by atoms with Gasteiger partial charge in [-0.15, -0.1) is 0 Å². The van der Waals surface area contributed by atoms with E-state index in [1.165, 1.54) is 0 Å². The third-order valence-electron chi connectivity index (χ3n) is 2.48. The number of fused-ring (bicyclic) bond motifs is 1. The smallest absolute Gasteiger partial charge is 0.0706 e. The molecule has 4 N–H and O–H groups in total. The van der Waals surface area contributed by atoms with Crippen molar-refractivity contribution in [3.05, 3.63) is 42.1 Å². The Labute approximate surface area is 89.1 Å². The van der Waals surface area contributed by atoms with Crippen molar-refractivity contribution in [2.24, 2.45) is 11.5 Å². The van der Waals surface area contributed by atoms with Crippen LogP contribution >= 0.6 is 0 Å². The summed E-state index contributed by atoms with van der Waals surface area (Å²) in [5.74, 6) is 0. The number of hydrogen-bond donors (Lipinski definition) is 2. The highest BCUT2D eigenvalue weighted by Crippen LogP contribution is 2.16. The largest absolute Gasteiger partial charge is 0.330 e. The average molecular weight is 201 g/mol. The van der Waals surface area contributed by atoms with Gasteiger partial charge >= 0.3 is 0 Å². The van der Waals surface area contributed by atoms with E-state index < -0.39 is 0 Å². The summed E-state index contributed by atoms with van der Waals surface area (Å²) in [5.41, 5.74) is 13.3. The first-order valence-electron chi connectivity index (χ1n) is 5.12. The minimum atomic E-state index is -0.0559. The fraction of sp³-hybridized carbons (Fsp3) is 0.250. The summed E-state index contributed by atoms with van der Waals surface area (Å²) >= 11 is 0. The third-order valence-corrected chi connectivity index (χ3v) is 2.48. The minimum Gasteiger partial charge on any atom is -0.330 e. The number of nitrogens with two attached hydrogens (primary N) is 2. The van der Waals surface area contributed by atoms with Crippen molar-refractivity contribution in [1.29, 1.82) is 0 Å². The maximum absolute atomic E-state index is 5.95. The molecule has 1 atom stereocenters. The van der Waals surface area contributed by atoms with Gasteiger partial charge in [-0.25, -0.2) is 0 Å². The van der Waals surface area contributed by atoms with Gasteiger partial charge in [0, 0.05) is 11.4 Å². The summed E-state index contributed by atoms with van der Waals surface area (Å²) in [7, 11) is 0. The van der Waals surface area contributed by atoms with Crippen molar-refractivity contribution < 1.29 is 0 Å². The lowest BCUT2D eigenvalue weighted by atomic mass is 10.1. The van der Waals surface area contributed by atoms with Crippen molar-refractivity contribution in [2.45, 2.75) is 12.5 Å². The van der Waals surface area contributed by atoms with Gasteiger partial charge in [-0.05, 0) is 25.1 Å². The zero-order chi connectivity index (χ0) is 10.7. The highest BCUT2D eigenvalue weighted by Gasteiger charge is 2.06. The Bertz CT molecular complexity index is 453. The molecule has 1 aromatic carbocycles. The number of benzene rings is 1. The molecule has 1 aromatic heterocycles. The zero-order valence-corrected chi connectivity index (χ0v) is 8.56. The molecular weight excluding hydrogens is 186 g/mol. The number of nitrogens with zero attached hydrogens (tertiary/aromatic N) is 1. The van der Waals surface area contributed by atoms with Crippen molar-refractivity contribution in [2.75, 3.05) is 6.54 Å². The van der Waals surface area contributed by atoms with Gasteiger partial charge in [0.1, 0.15) is 0 Å². The van der Waals surface area contributed by atoms with Gasteiger partial charge in [-0.1, -0.05) is 24.3 Å². The molecule has 0 fully saturated rings. The Morgan fingerprint density at radius 1 is 1.13 bits per heavy atom. The van der Waals surface area contributed by atoms with Crippen LogP contribution in [0.2, 0.25) is 0 Å². The van der Waals surface area contributed by atoms with Crippen LogP contribution in [0, 0.1) is 0 Å². The fourth-order valence-electron chi connectivity index (χ4n) is 1.62. The predicted molar refractivity (Wildman–Crippen MR) is 62.3 cm³/mol. The number of aromatic nitrogens is 1. The van der Waals surface area contributed by atoms with Crippen LogP contribution in [0.15, 0.2) is 36.4 Å². The SMILES string of the molecule is NCC[C@@H](N)c1ccc2ccccc2n1. The summed E-state index contributed by atoms with van der Waals surface area (Å²) in [4.78, 5) is 4.51. The van der Waals surface area contributed by atoms with E-state index in [0.717, 1.165) is 23.0 Å². The first-order valence-corrected chi connectivity index (χ1v) is 5.12. The monoisotopic (exact) mass is 201 g/mol. The molecule has 0 saturated heterocycles. The van der Waals surface area contributed by atoms with E-state index >= 15 is 0 Å². The molecule has 0 spiro atoms. The van der Waals surface area contributed by atoms with E-state index in [1.807, 2.05) is 36.4 Å². The Morgan fingerprint density at radius 2 is 1.93 bits per heavy atom. The van der Waals surface area contributed by atoms with Crippen molar-refractivity contribution in [1.82, 2.24) is 4.98 Å². The van der Waals surface area contributed by atoms with E-state index in [-0.39, 0.29) is 6.04 Å². The van der Waals surface area contributed by atoms with Crippen LogP contribution in [0.25, 0.3) is 10.9 Å². The van der Waals surface area contributed by atoms with Crippen molar-refractivity contribution in [3.63, 3.8) is 0 Å². The highest BCUT2D eigenvalue weighted by molar-refractivity contribution is 5.78. The second-order valence-corrected chi connectivity index (χ2v) is 3.61. The van der Waals surface area contributed by atoms with Gasteiger partial charge in [0.2, 0.25) is 0 Å². The summed E-state index contributed by atoms with van der Waals surface area (Å²) in [6, 6.07) is 12.0. The quantitative estimate of drug-likeness (QED) is 0.792. The molecule has 3 heteroatoms. The Morgan fingerprint density at radius 3 is 2.73 bits per heavy atom. The Hall–Kier alpha value is -1.45. The normalized spacial score (nSPS) is 12.9. The topological polar surface area (TPSA) is 64.9 Å². The van der Waals surface area contributed by atoms with Crippen LogP contribution < -0.4 is 11.5 Å². The van der Waals surface area contributed by atoms with Crippen LogP contribution in [-0.4, -0.2) is 11.5 Å². The van der Waals surface area contributed by atoms with Gasteiger partial charge in [0.15, 0.2) is 0 Å². The minimum absolute atomic E-state index is 0.0559. The Balaban J connectivity index is 2.38. The molecule has 0 bridgehead atoms. The second kappa shape index (κ2) is 4.38. The molecular formula is C12H15N3. The molecule has 0 amide bonds. The first-order chi connectivity index (χ1) is 7.31. The summed E-state index contributed by atoms with van der Waals surface area (Å²) < 4.78 is 0. The van der Waals surface area contributed by atoms with E-state index in [4.69, 9.17) is 11.5 Å². The fourth-order valence-corrected chi connectivity index (χ4v) is 1.62. The number of pyridine rings is 1. The molecule has 15 heavy (non-hydrogen) atoms. The van der Waals surface area contributed by atoms with Crippen LogP contribution in [-0.2, 0) is 0 Å².